The van der Waals surface area contributed by atoms with Gasteiger partial charge in [-0.3, -0.25) is 4.79 Å². The molecule has 0 aliphatic rings. The summed E-state index contributed by atoms with van der Waals surface area (Å²) < 4.78 is 5.22. The number of fused-ring (bicyclic) bond motifs is 1. The molecule has 90 valence electrons. The van der Waals surface area contributed by atoms with Gasteiger partial charge in [0.1, 0.15) is 5.75 Å². The van der Waals surface area contributed by atoms with E-state index in [1.165, 1.54) is 0 Å². The van der Waals surface area contributed by atoms with Crippen molar-refractivity contribution in [2.45, 2.75) is 26.2 Å². The van der Waals surface area contributed by atoms with Crippen molar-refractivity contribution in [3.05, 3.63) is 34.2 Å². The van der Waals surface area contributed by atoms with Gasteiger partial charge in [0.05, 0.1) is 18.2 Å². The highest BCUT2D eigenvalue weighted by atomic mass is 16.5. The molecule has 0 amide bonds. The third-order valence-electron chi connectivity index (χ3n) is 2.84. The van der Waals surface area contributed by atoms with Crippen LogP contribution in [0.1, 0.15) is 25.5 Å². The molecule has 0 bridgehead atoms. The Kier molecular flexibility index (Phi) is 3.42. The zero-order valence-corrected chi connectivity index (χ0v) is 10.1. The summed E-state index contributed by atoms with van der Waals surface area (Å²) in [4.78, 5) is 11.8. The van der Waals surface area contributed by atoms with Gasteiger partial charge in [-0.2, -0.15) is 5.10 Å². The van der Waals surface area contributed by atoms with E-state index in [0.29, 0.717) is 11.1 Å². The van der Waals surface area contributed by atoms with Gasteiger partial charge in [-0.1, -0.05) is 25.5 Å². The predicted molar refractivity (Wildman–Crippen MR) is 67.5 cm³/mol. The van der Waals surface area contributed by atoms with E-state index in [-0.39, 0.29) is 5.56 Å². The van der Waals surface area contributed by atoms with Gasteiger partial charge in [0.2, 0.25) is 0 Å². The lowest BCUT2D eigenvalue weighted by Crippen LogP contribution is -2.12. The average Bonchev–Trinajstić information content (AvgIpc) is 2.37. The molecule has 1 N–H and O–H groups in total. The van der Waals surface area contributed by atoms with E-state index in [1.54, 1.807) is 13.2 Å². The standard InChI is InChI=1S/C13H16N2O2/c1-3-4-7-10-9-6-5-8-11(17-2)12(9)13(16)15-14-10/h5-6,8H,3-4,7H2,1-2H3,(H,15,16). The number of methoxy groups -OCH3 is 1. The van der Waals surface area contributed by atoms with Crippen LogP contribution in [0.25, 0.3) is 10.8 Å². The first-order valence-corrected chi connectivity index (χ1v) is 5.82. The fourth-order valence-electron chi connectivity index (χ4n) is 1.95. The number of aryl methyl sites for hydroxylation is 1. The van der Waals surface area contributed by atoms with Gasteiger partial charge < -0.3 is 4.74 Å². The van der Waals surface area contributed by atoms with Crippen LogP contribution in [0.5, 0.6) is 5.75 Å². The van der Waals surface area contributed by atoms with Crippen molar-refractivity contribution in [2.75, 3.05) is 7.11 Å². The number of benzene rings is 1. The molecule has 0 saturated heterocycles. The quantitative estimate of drug-likeness (QED) is 0.879. The minimum atomic E-state index is -0.197. The van der Waals surface area contributed by atoms with E-state index in [4.69, 9.17) is 4.74 Å². The van der Waals surface area contributed by atoms with Crippen LogP contribution in [-0.2, 0) is 6.42 Å². The Bertz CT molecular complexity index is 575. The third kappa shape index (κ3) is 2.16. The maximum atomic E-state index is 11.8. The summed E-state index contributed by atoms with van der Waals surface area (Å²) in [6.07, 6.45) is 3.04. The largest absolute Gasteiger partial charge is 0.496 e. The Morgan fingerprint density at radius 2 is 2.24 bits per heavy atom. The third-order valence-corrected chi connectivity index (χ3v) is 2.84. The highest BCUT2D eigenvalue weighted by Crippen LogP contribution is 2.23. The fourth-order valence-corrected chi connectivity index (χ4v) is 1.95. The second-order valence-corrected chi connectivity index (χ2v) is 3.99. The van der Waals surface area contributed by atoms with Crippen molar-refractivity contribution in [3.63, 3.8) is 0 Å². The monoisotopic (exact) mass is 232 g/mol. The molecule has 1 aromatic carbocycles. The highest BCUT2D eigenvalue weighted by Gasteiger charge is 2.10. The van der Waals surface area contributed by atoms with Crippen LogP contribution in [0.15, 0.2) is 23.0 Å². The smallest absolute Gasteiger partial charge is 0.275 e. The molecule has 2 aromatic rings. The lowest BCUT2D eigenvalue weighted by molar-refractivity contribution is 0.419. The van der Waals surface area contributed by atoms with E-state index < -0.39 is 0 Å². The normalized spacial score (nSPS) is 10.7. The zero-order chi connectivity index (χ0) is 12.3. The number of rotatable bonds is 4. The molecule has 0 saturated carbocycles. The van der Waals surface area contributed by atoms with Gasteiger partial charge in [-0.05, 0) is 18.9 Å². The molecule has 4 heteroatoms. The lowest BCUT2D eigenvalue weighted by atomic mass is 10.1. The van der Waals surface area contributed by atoms with Crippen LogP contribution in [0.2, 0.25) is 0 Å². The summed E-state index contributed by atoms with van der Waals surface area (Å²) in [5.74, 6) is 0.601. The van der Waals surface area contributed by atoms with Crippen LogP contribution in [-0.4, -0.2) is 17.3 Å². The van der Waals surface area contributed by atoms with E-state index >= 15 is 0 Å². The SMILES string of the molecule is CCCCc1n[nH]c(=O)c2c(OC)cccc12. The summed E-state index contributed by atoms with van der Waals surface area (Å²) >= 11 is 0. The van der Waals surface area contributed by atoms with Gasteiger partial charge in [-0.25, -0.2) is 5.10 Å². The number of nitrogens with zero attached hydrogens (tertiary/aromatic N) is 1. The number of H-pyrrole nitrogens is 1. The molecule has 1 aromatic heterocycles. The molecule has 0 atom stereocenters. The second kappa shape index (κ2) is 4.99. The molecule has 1 heterocycles. The molecule has 0 spiro atoms. The summed E-state index contributed by atoms with van der Waals surface area (Å²) in [7, 11) is 1.57. The van der Waals surface area contributed by atoms with Crippen LogP contribution < -0.4 is 10.3 Å². The summed E-state index contributed by atoms with van der Waals surface area (Å²) in [6.45, 7) is 2.13. The Morgan fingerprint density at radius 1 is 1.41 bits per heavy atom. The number of aromatic amines is 1. The van der Waals surface area contributed by atoms with Crippen LogP contribution in [0, 0.1) is 0 Å². The molecule has 0 aliphatic carbocycles. The van der Waals surface area contributed by atoms with E-state index in [2.05, 4.69) is 17.1 Å². The van der Waals surface area contributed by atoms with Crippen molar-refractivity contribution in [1.82, 2.24) is 10.2 Å². The lowest BCUT2D eigenvalue weighted by Gasteiger charge is -2.07. The molecule has 2 rings (SSSR count). The van der Waals surface area contributed by atoms with Crippen molar-refractivity contribution < 1.29 is 4.74 Å². The minimum absolute atomic E-state index is 0.197. The number of ether oxygens (including phenoxy) is 1. The average molecular weight is 232 g/mol. The van der Waals surface area contributed by atoms with Crippen LogP contribution in [0.4, 0.5) is 0 Å². The van der Waals surface area contributed by atoms with Crippen LogP contribution in [0.3, 0.4) is 0 Å². The molecule has 0 radical (unpaired) electrons. The molecular formula is C13H16N2O2. The molecule has 0 fully saturated rings. The Morgan fingerprint density at radius 3 is 2.94 bits per heavy atom. The van der Waals surface area contributed by atoms with Gasteiger partial charge in [0.25, 0.3) is 5.56 Å². The van der Waals surface area contributed by atoms with Gasteiger partial charge in [-0.15, -0.1) is 0 Å². The first-order chi connectivity index (χ1) is 8.27. The molecule has 17 heavy (non-hydrogen) atoms. The summed E-state index contributed by atoms with van der Waals surface area (Å²) in [6, 6.07) is 5.60. The second-order valence-electron chi connectivity index (χ2n) is 3.99. The van der Waals surface area contributed by atoms with Gasteiger partial charge in [0, 0.05) is 5.39 Å². The van der Waals surface area contributed by atoms with Gasteiger partial charge >= 0.3 is 0 Å². The maximum absolute atomic E-state index is 11.8. The van der Waals surface area contributed by atoms with Crippen molar-refractivity contribution >= 4 is 10.8 Å². The van der Waals surface area contributed by atoms with Gasteiger partial charge in [0.15, 0.2) is 0 Å². The Balaban J connectivity index is 2.65. The number of unbranched alkanes of at least 4 members (excludes halogenated alkanes) is 1. The number of hydrogen-bond donors (Lipinski definition) is 1. The molecule has 0 aliphatic heterocycles. The summed E-state index contributed by atoms with van der Waals surface area (Å²) in [5, 5.41) is 8.15. The zero-order valence-electron chi connectivity index (χ0n) is 10.1. The Hall–Kier alpha value is -1.84. The first kappa shape index (κ1) is 11.6. The van der Waals surface area contributed by atoms with Crippen molar-refractivity contribution in [1.29, 1.82) is 0 Å². The van der Waals surface area contributed by atoms with Crippen LogP contribution >= 0.6 is 0 Å². The molecule has 4 nitrogen and oxygen atoms in total. The predicted octanol–water partition coefficient (Wildman–Crippen LogP) is 2.27. The number of nitrogens with one attached hydrogen (secondary N) is 1. The van der Waals surface area contributed by atoms with E-state index in [0.717, 1.165) is 30.3 Å². The molecule has 0 unspecified atom stereocenters. The minimum Gasteiger partial charge on any atom is -0.496 e. The maximum Gasteiger partial charge on any atom is 0.275 e. The van der Waals surface area contributed by atoms with E-state index in [9.17, 15) is 4.79 Å². The fraction of sp³-hybridized carbons (Fsp3) is 0.385. The Labute approximate surface area is 99.6 Å². The number of aromatic nitrogens is 2. The molecular weight excluding hydrogens is 216 g/mol. The van der Waals surface area contributed by atoms with Crippen molar-refractivity contribution in [2.24, 2.45) is 0 Å². The number of hydrogen-bond acceptors (Lipinski definition) is 3. The summed E-state index contributed by atoms with van der Waals surface area (Å²) in [5.41, 5.74) is 0.734. The van der Waals surface area contributed by atoms with E-state index in [1.807, 2.05) is 12.1 Å². The van der Waals surface area contributed by atoms with Crippen molar-refractivity contribution in [3.8, 4) is 5.75 Å². The highest BCUT2D eigenvalue weighted by molar-refractivity contribution is 5.89. The first-order valence-electron chi connectivity index (χ1n) is 5.82. The topological polar surface area (TPSA) is 55.0 Å².